The van der Waals surface area contributed by atoms with E-state index in [1.54, 1.807) is 31.4 Å². The van der Waals surface area contributed by atoms with Gasteiger partial charge in [-0.2, -0.15) is 0 Å². The minimum atomic E-state index is -0.304. The Hall–Kier alpha value is -2.90. The van der Waals surface area contributed by atoms with E-state index in [4.69, 9.17) is 20.8 Å². The van der Waals surface area contributed by atoms with E-state index in [-0.39, 0.29) is 17.5 Å². The fourth-order valence-electron chi connectivity index (χ4n) is 2.32. The zero-order valence-corrected chi connectivity index (χ0v) is 15.1. The summed E-state index contributed by atoms with van der Waals surface area (Å²) in [6, 6.07) is 12.6. The number of hydrogen-bond acceptors (Lipinski definition) is 7. The average molecular weight is 386 g/mol. The van der Waals surface area contributed by atoms with Gasteiger partial charge < -0.3 is 14.3 Å². The normalized spacial score (nSPS) is 11.5. The first-order valence-electron chi connectivity index (χ1n) is 7.57. The molecule has 130 valence electrons. The van der Waals surface area contributed by atoms with Crippen LogP contribution in [0.4, 0.5) is 5.13 Å². The van der Waals surface area contributed by atoms with Gasteiger partial charge in [0.1, 0.15) is 5.75 Å². The Labute approximate surface area is 157 Å². The molecule has 2 heterocycles. The summed E-state index contributed by atoms with van der Waals surface area (Å²) in [7, 11) is 1.62. The molecule has 0 spiro atoms. The Kier molecular flexibility index (Phi) is 4.32. The summed E-state index contributed by atoms with van der Waals surface area (Å²) < 4.78 is 11.5. The quantitative estimate of drug-likeness (QED) is 0.496. The smallest absolute Gasteiger partial charge is 0.312 e. The number of aromatic nitrogens is 2. The van der Waals surface area contributed by atoms with E-state index in [2.05, 4.69) is 15.0 Å². The molecule has 0 saturated carbocycles. The van der Waals surface area contributed by atoms with Crippen molar-refractivity contribution >= 4 is 44.5 Å². The van der Waals surface area contributed by atoms with E-state index in [1.165, 1.54) is 17.6 Å². The summed E-state index contributed by atoms with van der Waals surface area (Å²) in [5, 5.41) is 11.1. The Morgan fingerprint density at radius 1 is 1.19 bits per heavy atom. The van der Waals surface area contributed by atoms with Crippen molar-refractivity contribution in [1.29, 1.82) is 0 Å². The third-order valence-corrected chi connectivity index (χ3v) is 4.79. The first-order valence-corrected chi connectivity index (χ1v) is 8.76. The third-order valence-electron chi connectivity index (χ3n) is 3.61. The molecule has 0 aliphatic rings. The predicted octanol–water partition coefficient (Wildman–Crippen LogP) is 5.07. The van der Waals surface area contributed by atoms with E-state index in [9.17, 15) is 5.11 Å². The summed E-state index contributed by atoms with van der Waals surface area (Å²) in [5.74, 6) is 0.745. The first-order chi connectivity index (χ1) is 12.6. The van der Waals surface area contributed by atoms with E-state index in [1.807, 2.05) is 18.2 Å². The van der Waals surface area contributed by atoms with Crippen molar-refractivity contribution in [2.24, 2.45) is 4.99 Å². The minimum absolute atomic E-state index is 0.229. The molecule has 4 aromatic rings. The second kappa shape index (κ2) is 6.78. The molecule has 0 aliphatic heterocycles. The van der Waals surface area contributed by atoms with Gasteiger partial charge in [0.2, 0.25) is 11.0 Å². The number of fused-ring (bicyclic) bond motifs is 1. The van der Waals surface area contributed by atoms with Crippen molar-refractivity contribution in [3.63, 3.8) is 0 Å². The van der Waals surface area contributed by atoms with Gasteiger partial charge in [-0.15, -0.1) is 0 Å². The van der Waals surface area contributed by atoms with E-state index in [0.717, 1.165) is 16.0 Å². The van der Waals surface area contributed by atoms with Gasteiger partial charge in [-0.25, -0.2) is 15.0 Å². The fourth-order valence-corrected chi connectivity index (χ4v) is 3.28. The Morgan fingerprint density at radius 2 is 2.00 bits per heavy atom. The molecular formula is C18H12ClN3O3S. The number of aliphatic imine (C=N–C) groups is 1. The average Bonchev–Trinajstić information content (AvgIpc) is 3.22. The van der Waals surface area contributed by atoms with Crippen LogP contribution in [0.1, 0.15) is 5.69 Å². The highest BCUT2D eigenvalue weighted by molar-refractivity contribution is 7.22. The summed E-state index contributed by atoms with van der Waals surface area (Å²) in [6.45, 7) is 0. The van der Waals surface area contributed by atoms with Gasteiger partial charge in [-0.1, -0.05) is 22.9 Å². The van der Waals surface area contributed by atoms with Crippen molar-refractivity contribution in [3.8, 4) is 23.1 Å². The molecule has 0 amide bonds. The lowest BCUT2D eigenvalue weighted by molar-refractivity contribution is 0.337. The zero-order chi connectivity index (χ0) is 18.1. The molecule has 0 atom stereocenters. The van der Waals surface area contributed by atoms with Crippen molar-refractivity contribution in [2.75, 3.05) is 7.11 Å². The standard InChI is InChI=1S/C18H12ClN3O3S/c1-24-12-6-7-13-15(8-12)26-18(22-13)20-9-14-17(23)25-16(21-14)10-2-4-11(19)5-3-10/h2-9,23H,1H3/b20-9+. The summed E-state index contributed by atoms with van der Waals surface area (Å²) >= 11 is 7.28. The van der Waals surface area contributed by atoms with Crippen molar-refractivity contribution in [3.05, 3.63) is 53.2 Å². The monoisotopic (exact) mass is 385 g/mol. The zero-order valence-electron chi connectivity index (χ0n) is 13.5. The molecule has 4 rings (SSSR count). The lowest BCUT2D eigenvalue weighted by atomic mass is 10.2. The highest BCUT2D eigenvalue weighted by atomic mass is 35.5. The van der Waals surface area contributed by atoms with Gasteiger partial charge in [-0.05, 0) is 42.5 Å². The number of nitrogens with zero attached hydrogens (tertiary/aromatic N) is 3. The van der Waals surface area contributed by atoms with E-state index < -0.39 is 0 Å². The largest absolute Gasteiger partial charge is 0.497 e. The highest BCUT2D eigenvalue weighted by Crippen LogP contribution is 2.31. The molecule has 0 saturated heterocycles. The molecule has 6 nitrogen and oxygen atoms in total. The lowest BCUT2D eigenvalue weighted by Gasteiger charge is -1.96. The lowest BCUT2D eigenvalue weighted by Crippen LogP contribution is -1.82. The van der Waals surface area contributed by atoms with Crippen LogP contribution in [0.25, 0.3) is 21.7 Å². The second-order valence-corrected chi connectivity index (χ2v) is 6.75. The van der Waals surface area contributed by atoms with Crippen LogP contribution in [0.2, 0.25) is 5.02 Å². The van der Waals surface area contributed by atoms with Gasteiger partial charge in [0.25, 0.3) is 0 Å². The topological polar surface area (TPSA) is 80.7 Å². The first kappa shape index (κ1) is 16.6. The Bertz CT molecular complexity index is 1100. The molecule has 1 N–H and O–H groups in total. The van der Waals surface area contributed by atoms with Crippen molar-refractivity contribution < 1.29 is 14.3 Å². The second-order valence-electron chi connectivity index (χ2n) is 5.30. The van der Waals surface area contributed by atoms with Crippen molar-refractivity contribution in [1.82, 2.24) is 9.97 Å². The van der Waals surface area contributed by atoms with Gasteiger partial charge >= 0.3 is 5.95 Å². The van der Waals surface area contributed by atoms with Crippen LogP contribution in [0.3, 0.4) is 0 Å². The molecule has 2 aromatic carbocycles. The maximum Gasteiger partial charge on any atom is 0.312 e. The molecule has 0 bridgehead atoms. The Balaban J connectivity index is 1.61. The molecule has 0 aliphatic carbocycles. The fraction of sp³-hybridized carbons (Fsp3) is 0.0556. The van der Waals surface area contributed by atoms with Gasteiger partial charge in [0, 0.05) is 10.6 Å². The molecule has 8 heteroatoms. The van der Waals surface area contributed by atoms with Crippen LogP contribution < -0.4 is 4.74 Å². The highest BCUT2D eigenvalue weighted by Gasteiger charge is 2.13. The van der Waals surface area contributed by atoms with Crippen molar-refractivity contribution in [2.45, 2.75) is 0 Å². The number of rotatable bonds is 4. The van der Waals surface area contributed by atoms with Gasteiger partial charge in [0.05, 0.1) is 23.5 Å². The van der Waals surface area contributed by atoms with Crippen LogP contribution in [0.15, 0.2) is 51.9 Å². The SMILES string of the molecule is COc1ccc2nc(/N=C/c3nc(-c4ccc(Cl)cc4)oc3O)sc2c1. The molecule has 0 fully saturated rings. The Morgan fingerprint density at radius 3 is 2.77 bits per heavy atom. The van der Waals surface area contributed by atoms with Crippen LogP contribution in [-0.4, -0.2) is 28.4 Å². The molecule has 0 radical (unpaired) electrons. The van der Waals surface area contributed by atoms with E-state index in [0.29, 0.717) is 15.7 Å². The maximum atomic E-state index is 9.95. The number of hydrogen-bond donors (Lipinski definition) is 1. The number of methoxy groups -OCH3 is 1. The summed E-state index contributed by atoms with van der Waals surface area (Å²) in [5.41, 5.74) is 1.76. The number of benzene rings is 2. The number of halogens is 1. The number of ether oxygens (including phenoxy) is 1. The van der Waals surface area contributed by atoms with Gasteiger partial charge in [0.15, 0.2) is 5.69 Å². The van der Waals surface area contributed by atoms with Crippen LogP contribution in [0, 0.1) is 0 Å². The third kappa shape index (κ3) is 3.26. The molecule has 2 aromatic heterocycles. The number of oxazole rings is 1. The predicted molar refractivity (Wildman–Crippen MR) is 102 cm³/mol. The minimum Gasteiger partial charge on any atom is -0.497 e. The van der Waals surface area contributed by atoms with Crippen LogP contribution in [-0.2, 0) is 0 Å². The van der Waals surface area contributed by atoms with Gasteiger partial charge in [-0.3, -0.25) is 0 Å². The summed E-state index contributed by atoms with van der Waals surface area (Å²) in [4.78, 5) is 13.0. The van der Waals surface area contributed by atoms with Crippen LogP contribution in [0.5, 0.6) is 11.7 Å². The summed E-state index contributed by atoms with van der Waals surface area (Å²) in [6.07, 6.45) is 1.42. The molecular weight excluding hydrogens is 374 g/mol. The number of thiazole rings is 1. The molecule has 26 heavy (non-hydrogen) atoms. The molecule has 0 unspecified atom stereocenters. The maximum absolute atomic E-state index is 9.95. The van der Waals surface area contributed by atoms with Crippen LogP contribution >= 0.6 is 22.9 Å². The van der Waals surface area contributed by atoms with E-state index >= 15 is 0 Å². The number of aromatic hydroxyl groups is 1.